The highest BCUT2D eigenvalue weighted by Gasteiger charge is 2.50. The van der Waals surface area contributed by atoms with Crippen LogP contribution in [0.4, 0.5) is 0 Å². The molecule has 3 aliphatic rings. The summed E-state index contributed by atoms with van der Waals surface area (Å²) in [7, 11) is 0. The largest absolute Gasteiger partial charge is 0.373 e. The number of amides is 2. The molecule has 5 nitrogen and oxygen atoms in total. The third kappa shape index (κ3) is 2.71. The van der Waals surface area contributed by atoms with Crippen molar-refractivity contribution in [2.24, 2.45) is 23.5 Å². The highest BCUT2D eigenvalue weighted by Crippen LogP contribution is 2.48. The summed E-state index contributed by atoms with van der Waals surface area (Å²) in [5.74, 6) is 0.236. The van der Waals surface area contributed by atoms with E-state index in [-0.39, 0.29) is 29.9 Å². The van der Waals surface area contributed by atoms with Crippen molar-refractivity contribution < 1.29 is 14.3 Å². The minimum absolute atomic E-state index is 0.0412. The summed E-state index contributed by atoms with van der Waals surface area (Å²) in [6.07, 6.45) is 4.16. The SMILES string of the molecule is NC(=O)C1C2CCC(C2)C1NC(=O)CC1OCCc2ccccc21. The monoisotopic (exact) mass is 328 g/mol. The van der Waals surface area contributed by atoms with Crippen molar-refractivity contribution in [3.05, 3.63) is 35.4 Å². The number of benzene rings is 1. The fraction of sp³-hybridized carbons (Fsp3) is 0.579. The van der Waals surface area contributed by atoms with Gasteiger partial charge in [-0.3, -0.25) is 9.59 Å². The zero-order valence-electron chi connectivity index (χ0n) is 13.7. The highest BCUT2D eigenvalue weighted by atomic mass is 16.5. The Kier molecular flexibility index (Phi) is 4.04. The fourth-order valence-electron chi connectivity index (χ4n) is 4.97. The summed E-state index contributed by atoms with van der Waals surface area (Å²) in [5, 5.41) is 3.10. The molecule has 2 amide bonds. The van der Waals surface area contributed by atoms with Gasteiger partial charge in [-0.05, 0) is 48.6 Å². The van der Waals surface area contributed by atoms with Gasteiger partial charge < -0.3 is 15.8 Å². The van der Waals surface area contributed by atoms with Crippen LogP contribution in [-0.4, -0.2) is 24.5 Å². The standard InChI is InChI=1S/C19H24N2O3/c20-19(23)17-12-5-6-13(9-12)18(17)21-16(22)10-15-14-4-2-1-3-11(14)7-8-24-15/h1-4,12-13,15,17-18H,5-10H2,(H2,20,23)(H,21,22). The Morgan fingerprint density at radius 2 is 2.00 bits per heavy atom. The maximum Gasteiger partial charge on any atom is 0.223 e. The van der Waals surface area contributed by atoms with Gasteiger partial charge in [0.25, 0.3) is 0 Å². The van der Waals surface area contributed by atoms with Gasteiger partial charge in [0.2, 0.25) is 11.8 Å². The number of ether oxygens (including phenoxy) is 1. The van der Waals surface area contributed by atoms with Crippen molar-refractivity contribution in [1.82, 2.24) is 5.32 Å². The van der Waals surface area contributed by atoms with E-state index in [1.807, 2.05) is 18.2 Å². The first-order valence-electron chi connectivity index (χ1n) is 8.91. The number of fused-ring (bicyclic) bond motifs is 3. The lowest BCUT2D eigenvalue weighted by atomic mass is 9.83. The molecule has 1 aromatic rings. The van der Waals surface area contributed by atoms with Crippen LogP contribution in [0.3, 0.4) is 0 Å². The maximum atomic E-state index is 12.6. The highest BCUT2D eigenvalue weighted by molar-refractivity contribution is 5.81. The summed E-state index contributed by atoms with van der Waals surface area (Å²) >= 11 is 0. The second kappa shape index (κ2) is 6.20. The quantitative estimate of drug-likeness (QED) is 0.883. The van der Waals surface area contributed by atoms with Gasteiger partial charge in [-0.25, -0.2) is 0 Å². The summed E-state index contributed by atoms with van der Waals surface area (Å²) in [6, 6.07) is 8.05. The summed E-state index contributed by atoms with van der Waals surface area (Å²) < 4.78 is 5.82. The predicted octanol–water partition coefficient (Wildman–Crippen LogP) is 1.71. The Hall–Kier alpha value is -1.88. The molecule has 0 saturated heterocycles. The Labute approximate surface area is 141 Å². The topological polar surface area (TPSA) is 81.4 Å². The number of hydrogen-bond donors (Lipinski definition) is 2. The molecule has 2 bridgehead atoms. The molecule has 128 valence electrons. The van der Waals surface area contributed by atoms with Crippen LogP contribution < -0.4 is 11.1 Å². The minimum atomic E-state index is -0.272. The molecule has 5 unspecified atom stereocenters. The number of hydrogen-bond acceptors (Lipinski definition) is 3. The fourth-order valence-corrected chi connectivity index (χ4v) is 4.97. The lowest BCUT2D eigenvalue weighted by molar-refractivity contribution is -0.128. The van der Waals surface area contributed by atoms with Gasteiger partial charge in [-0.2, -0.15) is 0 Å². The summed E-state index contributed by atoms with van der Waals surface area (Å²) in [4.78, 5) is 24.4. The molecule has 2 fully saturated rings. The van der Waals surface area contributed by atoms with E-state index in [0.29, 0.717) is 24.9 Å². The van der Waals surface area contributed by atoms with Crippen LogP contribution >= 0.6 is 0 Å². The van der Waals surface area contributed by atoms with Crippen LogP contribution in [0.15, 0.2) is 24.3 Å². The van der Waals surface area contributed by atoms with Crippen molar-refractivity contribution in [3.63, 3.8) is 0 Å². The van der Waals surface area contributed by atoms with Crippen molar-refractivity contribution in [3.8, 4) is 0 Å². The van der Waals surface area contributed by atoms with E-state index in [1.165, 1.54) is 5.56 Å². The van der Waals surface area contributed by atoms with E-state index < -0.39 is 0 Å². The van der Waals surface area contributed by atoms with Crippen LogP contribution in [0.25, 0.3) is 0 Å². The molecule has 2 aliphatic carbocycles. The van der Waals surface area contributed by atoms with Crippen molar-refractivity contribution in [1.29, 1.82) is 0 Å². The van der Waals surface area contributed by atoms with Crippen LogP contribution in [0, 0.1) is 17.8 Å². The van der Waals surface area contributed by atoms with Gasteiger partial charge in [0.05, 0.1) is 25.0 Å². The average Bonchev–Trinajstić information content (AvgIpc) is 3.16. The van der Waals surface area contributed by atoms with Crippen LogP contribution in [0.5, 0.6) is 0 Å². The van der Waals surface area contributed by atoms with Gasteiger partial charge in [0.1, 0.15) is 0 Å². The molecular weight excluding hydrogens is 304 g/mol. The van der Waals surface area contributed by atoms with Crippen molar-refractivity contribution in [2.75, 3.05) is 6.61 Å². The normalized spacial score (nSPS) is 33.9. The Morgan fingerprint density at radius 3 is 2.83 bits per heavy atom. The molecule has 4 rings (SSSR count). The molecule has 2 saturated carbocycles. The number of nitrogens with two attached hydrogens (primary N) is 1. The Morgan fingerprint density at radius 1 is 1.21 bits per heavy atom. The molecule has 1 aromatic carbocycles. The van der Waals surface area contributed by atoms with E-state index in [2.05, 4.69) is 11.4 Å². The van der Waals surface area contributed by atoms with Gasteiger partial charge in [-0.15, -0.1) is 0 Å². The lowest BCUT2D eigenvalue weighted by Crippen LogP contribution is -2.49. The predicted molar refractivity (Wildman–Crippen MR) is 88.9 cm³/mol. The van der Waals surface area contributed by atoms with E-state index >= 15 is 0 Å². The number of carbonyl (C=O) groups excluding carboxylic acids is 2. The lowest BCUT2D eigenvalue weighted by Gasteiger charge is -2.31. The van der Waals surface area contributed by atoms with E-state index in [0.717, 1.165) is 31.2 Å². The first kappa shape index (κ1) is 15.6. The van der Waals surface area contributed by atoms with Crippen molar-refractivity contribution >= 4 is 11.8 Å². The summed E-state index contributed by atoms with van der Waals surface area (Å²) in [6.45, 7) is 0.646. The smallest absolute Gasteiger partial charge is 0.223 e. The van der Waals surface area contributed by atoms with E-state index in [1.54, 1.807) is 0 Å². The number of primary amides is 1. The molecule has 1 aliphatic heterocycles. The first-order valence-corrected chi connectivity index (χ1v) is 8.91. The molecule has 0 aromatic heterocycles. The molecular formula is C19H24N2O3. The Balaban J connectivity index is 1.43. The molecule has 24 heavy (non-hydrogen) atoms. The zero-order chi connectivity index (χ0) is 16.7. The van der Waals surface area contributed by atoms with Crippen molar-refractivity contribution in [2.45, 2.75) is 44.2 Å². The van der Waals surface area contributed by atoms with Gasteiger partial charge >= 0.3 is 0 Å². The average molecular weight is 328 g/mol. The second-order valence-corrected chi connectivity index (χ2v) is 7.37. The number of nitrogens with one attached hydrogen (secondary N) is 1. The first-order chi connectivity index (χ1) is 11.6. The number of rotatable bonds is 4. The molecule has 1 heterocycles. The third-order valence-corrected chi connectivity index (χ3v) is 6.04. The van der Waals surface area contributed by atoms with Crippen LogP contribution in [0.2, 0.25) is 0 Å². The van der Waals surface area contributed by atoms with E-state index in [4.69, 9.17) is 10.5 Å². The molecule has 5 atom stereocenters. The molecule has 5 heteroatoms. The molecule has 0 spiro atoms. The van der Waals surface area contributed by atoms with Gasteiger partial charge in [-0.1, -0.05) is 24.3 Å². The summed E-state index contributed by atoms with van der Waals surface area (Å²) in [5.41, 5.74) is 7.95. The molecule has 3 N–H and O–H groups in total. The third-order valence-electron chi connectivity index (χ3n) is 6.04. The van der Waals surface area contributed by atoms with Crippen LogP contribution in [0.1, 0.15) is 42.9 Å². The second-order valence-electron chi connectivity index (χ2n) is 7.37. The minimum Gasteiger partial charge on any atom is -0.373 e. The van der Waals surface area contributed by atoms with Gasteiger partial charge in [0.15, 0.2) is 0 Å². The molecule has 0 radical (unpaired) electrons. The Bertz CT molecular complexity index is 660. The maximum absolute atomic E-state index is 12.6. The van der Waals surface area contributed by atoms with Crippen LogP contribution in [-0.2, 0) is 20.7 Å². The van der Waals surface area contributed by atoms with E-state index in [9.17, 15) is 9.59 Å². The van der Waals surface area contributed by atoms with Gasteiger partial charge in [0, 0.05) is 6.04 Å². The zero-order valence-corrected chi connectivity index (χ0v) is 13.7. The number of carbonyl (C=O) groups is 2.